The number of aliphatic imine (C=N–C) groups is 1. The van der Waals surface area contributed by atoms with Gasteiger partial charge in [-0.3, -0.25) is 15.2 Å². The third-order valence-electron chi connectivity index (χ3n) is 7.47. The standard InChI is InChI=1S/C24H35N5O2/c30-22-14-17-28(26-22)23-24(31)29(21-11-7-6-10-20(21)25-23)19-12-15-27(16-13-19)18-8-4-2-1-3-5-9-18/h6-7,10-11,18-19,24,31H,1-5,8-9,12-17H2,(H,26,30). The SMILES string of the molecule is O=C1CCN(C2=Nc3ccccc3N(C3CCN(C4CCCCCCC4)CC3)C2O)N1. The van der Waals surface area contributed by atoms with Gasteiger partial charge in [0.2, 0.25) is 5.91 Å². The lowest BCUT2D eigenvalue weighted by Crippen LogP contribution is -2.58. The van der Waals surface area contributed by atoms with Crippen molar-refractivity contribution in [2.24, 2.45) is 4.99 Å². The molecule has 3 heterocycles. The molecule has 1 aromatic carbocycles. The van der Waals surface area contributed by atoms with E-state index in [-0.39, 0.29) is 11.9 Å². The number of amides is 1. The summed E-state index contributed by atoms with van der Waals surface area (Å²) in [5.41, 5.74) is 4.70. The average molecular weight is 426 g/mol. The third-order valence-corrected chi connectivity index (χ3v) is 7.47. The molecule has 1 amide bonds. The van der Waals surface area contributed by atoms with Gasteiger partial charge in [-0.05, 0) is 37.8 Å². The fourth-order valence-corrected chi connectivity index (χ4v) is 5.79. The number of aliphatic hydroxyl groups excluding tert-OH is 1. The maximum atomic E-state index is 11.8. The fourth-order valence-electron chi connectivity index (χ4n) is 5.79. The minimum Gasteiger partial charge on any atom is -0.367 e. The topological polar surface area (TPSA) is 71.4 Å². The van der Waals surface area contributed by atoms with Gasteiger partial charge in [0.25, 0.3) is 0 Å². The molecule has 31 heavy (non-hydrogen) atoms. The first-order valence-electron chi connectivity index (χ1n) is 12.2. The summed E-state index contributed by atoms with van der Waals surface area (Å²) in [4.78, 5) is 21.3. The van der Waals surface area contributed by atoms with E-state index >= 15 is 0 Å². The van der Waals surface area contributed by atoms with Crippen molar-refractivity contribution in [3.05, 3.63) is 24.3 Å². The number of nitrogens with zero attached hydrogens (tertiary/aromatic N) is 4. The van der Waals surface area contributed by atoms with Crippen LogP contribution in [0.1, 0.15) is 64.2 Å². The van der Waals surface area contributed by atoms with Crippen LogP contribution in [0, 0.1) is 0 Å². The van der Waals surface area contributed by atoms with Gasteiger partial charge in [-0.15, -0.1) is 0 Å². The second kappa shape index (κ2) is 9.17. The van der Waals surface area contributed by atoms with Crippen LogP contribution in [-0.2, 0) is 4.79 Å². The molecule has 4 aliphatic rings. The van der Waals surface area contributed by atoms with Gasteiger partial charge in [-0.25, -0.2) is 4.99 Å². The number of rotatable bonds is 2. The predicted molar refractivity (Wildman–Crippen MR) is 122 cm³/mol. The zero-order valence-corrected chi connectivity index (χ0v) is 18.4. The number of piperidine rings is 1. The molecule has 1 aromatic rings. The first-order chi connectivity index (χ1) is 15.2. The molecule has 2 N–H and O–H groups in total. The summed E-state index contributed by atoms with van der Waals surface area (Å²) in [5, 5.41) is 13.1. The molecule has 0 radical (unpaired) electrons. The summed E-state index contributed by atoms with van der Waals surface area (Å²) in [6.07, 6.45) is 11.3. The molecule has 2 saturated heterocycles. The number of amidine groups is 1. The number of fused-ring (bicyclic) bond motifs is 1. The molecule has 1 atom stereocenters. The van der Waals surface area contributed by atoms with E-state index < -0.39 is 6.23 Å². The Labute approximate surface area is 185 Å². The minimum absolute atomic E-state index is 0.0205. The van der Waals surface area contributed by atoms with E-state index in [0.29, 0.717) is 18.8 Å². The number of carbonyl (C=O) groups excluding carboxylic acids is 1. The normalized spacial score (nSPS) is 26.8. The molecule has 168 valence electrons. The van der Waals surface area contributed by atoms with Gasteiger partial charge < -0.3 is 14.9 Å². The summed E-state index contributed by atoms with van der Waals surface area (Å²) in [6, 6.07) is 9.05. The number of para-hydroxylation sites is 2. The van der Waals surface area contributed by atoms with Crippen molar-refractivity contribution in [3.8, 4) is 0 Å². The smallest absolute Gasteiger partial charge is 0.240 e. The van der Waals surface area contributed by atoms with Crippen LogP contribution in [0.25, 0.3) is 0 Å². The summed E-state index contributed by atoms with van der Waals surface area (Å²) < 4.78 is 0. The largest absolute Gasteiger partial charge is 0.367 e. The number of hydrogen-bond donors (Lipinski definition) is 2. The second-order valence-corrected chi connectivity index (χ2v) is 9.44. The van der Waals surface area contributed by atoms with E-state index in [1.54, 1.807) is 5.01 Å². The van der Waals surface area contributed by atoms with Crippen LogP contribution in [0.3, 0.4) is 0 Å². The lowest BCUT2D eigenvalue weighted by Gasteiger charge is -2.46. The molecule has 5 rings (SSSR count). The lowest BCUT2D eigenvalue weighted by molar-refractivity contribution is -0.120. The first-order valence-corrected chi connectivity index (χ1v) is 12.2. The van der Waals surface area contributed by atoms with Crippen molar-refractivity contribution in [3.63, 3.8) is 0 Å². The molecule has 1 aliphatic carbocycles. The molecule has 1 unspecified atom stereocenters. The highest BCUT2D eigenvalue weighted by Crippen LogP contribution is 2.38. The van der Waals surface area contributed by atoms with Crippen molar-refractivity contribution in [1.29, 1.82) is 0 Å². The molecule has 1 saturated carbocycles. The monoisotopic (exact) mass is 425 g/mol. The number of anilines is 1. The Bertz CT molecular complexity index is 812. The number of likely N-dealkylation sites (tertiary alicyclic amines) is 1. The Kier molecular flexibility index (Phi) is 6.14. The maximum Gasteiger partial charge on any atom is 0.240 e. The fraction of sp³-hybridized carbons (Fsp3) is 0.667. The summed E-state index contributed by atoms with van der Waals surface area (Å²) >= 11 is 0. The van der Waals surface area contributed by atoms with Gasteiger partial charge in [0.15, 0.2) is 12.1 Å². The van der Waals surface area contributed by atoms with E-state index in [9.17, 15) is 9.90 Å². The van der Waals surface area contributed by atoms with Crippen LogP contribution in [0.5, 0.6) is 0 Å². The Morgan fingerprint density at radius 2 is 1.61 bits per heavy atom. The Hall–Kier alpha value is -2.12. The lowest BCUT2D eigenvalue weighted by atomic mass is 9.92. The van der Waals surface area contributed by atoms with Crippen molar-refractivity contribution >= 4 is 23.1 Å². The van der Waals surface area contributed by atoms with Crippen molar-refractivity contribution in [2.75, 3.05) is 24.5 Å². The highest BCUT2D eigenvalue weighted by Gasteiger charge is 2.39. The van der Waals surface area contributed by atoms with E-state index in [4.69, 9.17) is 4.99 Å². The van der Waals surface area contributed by atoms with Crippen LogP contribution in [0.4, 0.5) is 11.4 Å². The van der Waals surface area contributed by atoms with E-state index in [1.807, 2.05) is 18.2 Å². The average Bonchev–Trinajstić information content (AvgIpc) is 3.19. The van der Waals surface area contributed by atoms with Crippen LogP contribution in [0.15, 0.2) is 29.3 Å². The first kappa shape index (κ1) is 20.8. The molecule has 0 aromatic heterocycles. The molecule has 0 spiro atoms. The number of nitrogens with one attached hydrogen (secondary N) is 1. The van der Waals surface area contributed by atoms with Gasteiger partial charge in [0.05, 0.1) is 11.4 Å². The van der Waals surface area contributed by atoms with Gasteiger partial charge in [0, 0.05) is 38.1 Å². The van der Waals surface area contributed by atoms with Crippen LogP contribution < -0.4 is 10.3 Å². The molecular formula is C24H35N5O2. The van der Waals surface area contributed by atoms with Gasteiger partial charge in [-0.1, -0.05) is 44.2 Å². The Balaban J connectivity index is 1.31. The zero-order chi connectivity index (χ0) is 21.2. The van der Waals surface area contributed by atoms with E-state index in [1.165, 1.54) is 44.9 Å². The molecular weight excluding hydrogens is 390 g/mol. The van der Waals surface area contributed by atoms with Gasteiger partial charge in [-0.2, -0.15) is 0 Å². The predicted octanol–water partition coefficient (Wildman–Crippen LogP) is 3.17. The van der Waals surface area contributed by atoms with Crippen LogP contribution in [-0.4, -0.2) is 64.7 Å². The van der Waals surface area contributed by atoms with E-state index in [2.05, 4.69) is 21.3 Å². The molecule has 7 nitrogen and oxygen atoms in total. The zero-order valence-electron chi connectivity index (χ0n) is 18.4. The molecule has 3 fully saturated rings. The highest BCUT2D eigenvalue weighted by molar-refractivity contribution is 5.98. The van der Waals surface area contributed by atoms with Gasteiger partial charge in [0.1, 0.15) is 0 Å². The number of benzene rings is 1. The highest BCUT2D eigenvalue weighted by atomic mass is 16.3. The number of aliphatic hydroxyl groups is 1. The number of hydrazine groups is 1. The molecule has 7 heteroatoms. The Morgan fingerprint density at radius 3 is 2.32 bits per heavy atom. The molecule has 3 aliphatic heterocycles. The third kappa shape index (κ3) is 4.30. The van der Waals surface area contributed by atoms with Crippen LogP contribution in [0.2, 0.25) is 0 Å². The van der Waals surface area contributed by atoms with Crippen molar-refractivity contribution in [2.45, 2.75) is 82.5 Å². The quantitative estimate of drug-likeness (QED) is 0.762. The number of hydrogen-bond acceptors (Lipinski definition) is 6. The van der Waals surface area contributed by atoms with Crippen LogP contribution >= 0.6 is 0 Å². The summed E-state index contributed by atoms with van der Waals surface area (Å²) in [6.45, 7) is 2.73. The van der Waals surface area contributed by atoms with E-state index in [0.717, 1.165) is 43.3 Å². The molecule has 0 bridgehead atoms. The second-order valence-electron chi connectivity index (χ2n) is 9.44. The minimum atomic E-state index is -0.841. The summed E-state index contributed by atoms with van der Waals surface area (Å²) in [5.74, 6) is 0.514. The Morgan fingerprint density at radius 1 is 0.903 bits per heavy atom. The maximum absolute atomic E-state index is 11.8. The van der Waals surface area contributed by atoms with Crippen molar-refractivity contribution in [1.82, 2.24) is 15.3 Å². The summed E-state index contributed by atoms with van der Waals surface area (Å²) in [7, 11) is 0. The number of carbonyl (C=O) groups is 1. The van der Waals surface area contributed by atoms with Crippen molar-refractivity contribution < 1.29 is 9.90 Å². The van der Waals surface area contributed by atoms with Gasteiger partial charge >= 0.3 is 0 Å².